The van der Waals surface area contributed by atoms with Gasteiger partial charge in [0.15, 0.2) is 0 Å². The standard InChI is InChI=1S/C19H30O/c1-17-8-14-9-18(2,11-17)13-19(10-14,12-17)16(20)15-6-4-3-5-7-15/h6,14,16,20H,3-5,7-13H2,1-2H3. The fourth-order valence-electron chi connectivity index (χ4n) is 7.35. The fraction of sp³-hybridized carbons (Fsp3) is 0.895. The van der Waals surface area contributed by atoms with Crippen molar-refractivity contribution in [1.29, 1.82) is 0 Å². The van der Waals surface area contributed by atoms with Crippen molar-refractivity contribution < 1.29 is 5.11 Å². The van der Waals surface area contributed by atoms with Crippen molar-refractivity contribution >= 4 is 0 Å². The third-order valence-corrected chi connectivity index (χ3v) is 6.93. The highest BCUT2D eigenvalue weighted by Crippen LogP contribution is 2.70. The normalized spacial score (nSPS) is 52.0. The Morgan fingerprint density at radius 1 is 1.05 bits per heavy atom. The molecule has 0 aromatic rings. The number of rotatable bonds is 2. The molecule has 0 aromatic carbocycles. The predicted octanol–water partition coefficient (Wildman–Crippen LogP) is 4.84. The van der Waals surface area contributed by atoms with Gasteiger partial charge in [0.1, 0.15) is 0 Å². The first-order valence-corrected chi connectivity index (χ1v) is 8.79. The Morgan fingerprint density at radius 3 is 2.30 bits per heavy atom. The van der Waals surface area contributed by atoms with Crippen LogP contribution in [0.25, 0.3) is 0 Å². The molecule has 0 amide bonds. The maximum Gasteiger partial charge on any atom is 0.0806 e. The first-order chi connectivity index (χ1) is 9.42. The Morgan fingerprint density at radius 2 is 1.75 bits per heavy atom. The Labute approximate surface area is 123 Å². The second kappa shape index (κ2) is 4.12. The largest absolute Gasteiger partial charge is 0.388 e. The Balaban J connectivity index is 1.68. The van der Waals surface area contributed by atoms with Crippen molar-refractivity contribution in [1.82, 2.24) is 0 Å². The van der Waals surface area contributed by atoms with E-state index in [0.29, 0.717) is 10.8 Å². The summed E-state index contributed by atoms with van der Waals surface area (Å²) < 4.78 is 0. The predicted molar refractivity (Wildman–Crippen MR) is 82.4 cm³/mol. The molecule has 0 heterocycles. The topological polar surface area (TPSA) is 20.2 Å². The van der Waals surface area contributed by atoms with Gasteiger partial charge in [-0.2, -0.15) is 0 Å². The van der Waals surface area contributed by atoms with E-state index in [4.69, 9.17) is 0 Å². The molecule has 5 aliphatic rings. The summed E-state index contributed by atoms with van der Waals surface area (Å²) >= 11 is 0. The van der Waals surface area contributed by atoms with Gasteiger partial charge in [-0.3, -0.25) is 0 Å². The van der Waals surface area contributed by atoms with E-state index >= 15 is 0 Å². The van der Waals surface area contributed by atoms with E-state index < -0.39 is 0 Å². The fourth-order valence-corrected chi connectivity index (χ4v) is 7.35. The van der Waals surface area contributed by atoms with Crippen molar-refractivity contribution in [3.63, 3.8) is 0 Å². The van der Waals surface area contributed by atoms with Crippen LogP contribution in [0, 0.1) is 22.2 Å². The molecule has 0 aliphatic heterocycles. The Hall–Kier alpha value is -0.300. The average Bonchev–Trinajstić information content (AvgIpc) is 2.34. The molecule has 112 valence electrons. The summed E-state index contributed by atoms with van der Waals surface area (Å²) in [6.07, 6.45) is 15.3. The van der Waals surface area contributed by atoms with Crippen molar-refractivity contribution in [3.05, 3.63) is 11.6 Å². The van der Waals surface area contributed by atoms with Gasteiger partial charge in [-0.1, -0.05) is 19.9 Å². The van der Waals surface area contributed by atoms with E-state index in [1.165, 1.54) is 63.4 Å². The van der Waals surface area contributed by atoms with Gasteiger partial charge >= 0.3 is 0 Å². The monoisotopic (exact) mass is 274 g/mol. The maximum atomic E-state index is 11.2. The third-order valence-electron chi connectivity index (χ3n) is 6.93. The van der Waals surface area contributed by atoms with Gasteiger partial charge in [0.2, 0.25) is 0 Å². The van der Waals surface area contributed by atoms with Gasteiger partial charge in [-0.15, -0.1) is 0 Å². The van der Waals surface area contributed by atoms with Crippen LogP contribution in [0.1, 0.15) is 78.1 Å². The molecule has 3 unspecified atom stereocenters. The summed E-state index contributed by atoms with van der Waals surface area (Å²) in [5, 5.41) is 11.2. The highest BCUT2D eigenvalue weighted by Gasteiger charge is 2.62. The molecule has 4 bridgehead atoms. The van der Waals surface area contributed by atoms with Crippen LogP contribution in [0.2, 0.25) is 0 Å². The average molecular weight is 274 g/mol. The van der Waals surface area contributed by atoms with Gasteiger partial charge in [0.05, 0.1) is 6.10 Å². The molecule has 3 atom stereocenters. The maximum absolute atomic E-state index is 11.2. The Kier molecular flexibility index (Phi) is 2.76. The second-order valence-electron chi connectivity index (χ2n) is 9.42. The van der Waals surface area contributed by atoms with Crippen molar-refractivity contribution in [2.45, 2.75) is 84.2 Å². The lowest BCUT2D eigenvalue weighted by molar-refractivity contribution is -0.178. The molecular weight excluding hydrogens is 244 g/mol. The first-order valence-electron chi connectivity index (χ1n) is 8.79. The summed E-state index contributed by atoms with van der Waals surface area (Å²) in [5.41, 5.74) is 2.66. The zero-order chi connectivity index (χ0) is 14.0. The van der Waals surface area contributed by atoms with E-state index in [0.717, 1.165) is 12.3 Å². The molecule has 0 spiro atoms. The molecule has 0 radical (unpaired) electrons. The second-order valence-corrected chi connectivity index (χ2v) is 9.42. The molecule has 5 rings (SSSR count). The van der Waals surface area contributed by atoms with Crippen molar-refractivity contribution in [2.75, 3.05) is 0 Å². The van der Waals surface area contributed by atoms with Gasteiger partial charge in [0, 0.05) is 5.41 Å². The zero-order valence-corrected chi connectivity index (χ0v) is 13.3. The van der Waals surface area contributed by atoms with Crippen LogP contribution in [0.3, 0.4) is 0 Å². The number of hydrogen-bond acceptors (Lipinski definition) is 1. The molecule has 1 heteroatoms. The lowest BCUT2D eigenvalue weighted by Crippen LogP contribution is -2.59. The number of hydrogen-bond donors (Lipinski definition) is 1. The van der Waals surface area contributed by atoms with Crippen molar-refractivity contribution in [3.8, 4) is 0 Å². The lowest BCUT2D eigenvalue weighted by Gasteiger charge is -2.66. The van der Waals surface area contributed by atoms with Crippen molar-refractivity contribution in [2.24, 2.45) is 22.2 Å². The van der Waals surface area contributed by atoms with E-state index in [-0.39, 0.29) is 11.5 Å². The van der Waals surface area contributed by atoms with E-state index in [2.05, 4.69) is 19.9 Å². The number of aliphatic hydroxyl groups is 1. The minimum absolute atomic E-state index is 0.134. The number of aliphatic hydroxyl groups excluding tert-OH is 1. The highest BCUT2D eigenvalue weighted by molar-refractivity contribution is 5.21. The molecule has 1 nitrogen and oxygen atoms in total. The third kappa shape index (κ3) is 1.92. The minimum Gasteiger partial charge on any atom is -0.388 e. The highest BCUT2D eigenvalue weighted by atomic mass is 16.3. The quantitative estimate of drug-likeness (QED) is 0.714. The van der Waals surface area contributed by atoms with Gasteiger partial charge < -0.3 is 5.11 Å². The Bertz CT molecular complexity index is 431. The molecule has 4 fully saturated rings. The van der Waals surface area contributed by atoms with Crippen LogP contribution >= 0.6 is 0 Å². The van der Waals surface area contributed by atoms with Crippen LogP contribution in [-0.4, -0.2) is 11.2 Å². The lowest BCUT2D eigenvalue weighted by atomic mass is 9.39. The van der Waals surface area contributed by atoms with E-state index in [9.17, 15) is 5.11 Å². The van der Waals surface area contributed by atoms with Crippen LogP contribution < -0.4 is 0 Å². The van der Waals surface area contributed by atoms with Crippen LogP contribution in [0.5, 0.6) is 0 Å². The van der Waals surface area contributed by atoms with Crippen LogP contribution in [0.4, 0.5) is 0 Å². The molecule has 0 saturated heterocycles. The van der Waals surface area contributed by atoms with Gasteiger partial charge in [-0.25, -0.2) is 0 Å². The van der Waals surface area contributed by atoms with Gasteiger partial charge in [-0.05, 0) is 86.5 Å². The molecule has 5 aliphatic carbocycles. The molecule has 4 saturated carbocycles. The smallest absolute Gasteiger partial charge is 0.0806 e. The summed E-state index contributed by atoms with van der Waals surface area (Å²) in [4.78, 5) is 0. The minimum atomic E-state index is -0.134. The first kappa shape index (κ1) is 13.4. The van der Waals surface area contributed by atoms with E-state index in [1.807, 2.05) is 0 Å². The molecule has 20 heavy (non-hydrogen) atoms. The molecule has 0 aromatic heterocycles. The SMILES string of the molecule is CC12CC3CC(C)(C1)CC(C(O)C1=CCCCC1)(C3)C2. The van der Waals surface area contributed by atoms with E-state index in [1.54, 1.807) is 0 Å². The van der Waals surface area contributed by atoms with Crippen LogP contribution in [-0.2, 0) is 0 Å². The summed E-state index contributed by atoms with van der Waals surface area (Å²) in [7, 11) is 0. The van der Waals surface area contributed by atoms with Gasteiger partial charge in [0.25, 0.3) is 0 Å². The van der Waals surface area contributed by atoms with Crippen LogP contribution in [0.15, 0.2) is 11.6 Å². The number of allylic oxidation sites excluding steroid dienone is 1. The molecular formula is C19H30O. The summed E-state index contributed by atoms with van der Waals surface area (Å²) in [5.74, 6) is 0.889. The zero-order valence-electron chi connectivity index (χ0n) is 13.3. The molecule has 1 N–H and O–H groups in total. The summed E-state index contributed by atoms with van der Waals surface area (Å²) in [6.45, 7) is 5.01. The summed E-state index contributed by atoms with van der Waals surface area (Å²) in [6, 6.07) is 0.